The standard InChI is InChI=1S/C30H68O3Si4/c1-15-34(16-2,17-3)37(35(18-4,19-5)20-6,36(21-7,22-8)23-9)33-28(26(10)11)24-27(31)25-29(32)30(12,13)14/h26,28-29,32H,15-25H2,1-14H3/t28-,29+/m0/s1. The molecule has 0 heterocycles. The molecule has 0 radical (unpaired) electrons. The summed E-state index contributed by atoms with van der Waals surface area (Å²) in [6, 6.07) is 12.1. The van der Waals surface area contributed by atoms with Gasteiger partial charge in [-0.1, -0.05) is 151 Å². The van der Waals surface area contributed by atoms with Gasteiger partial charge in [0.05, 0.1) is 35.0 Å². The van der Waals surface area contributed by atoms with E-state index in [1.54, 1.807) is 0 Å². The third-order valence-electron chi connectivity index (χ3n) is 11.3. The van der Waals surface area contributed by atoms with Gasteiger partial charge in [-0.25, -0.2) is 0 Å². The molecule has 0 aliphatic heterocycles. The Labute approximate surface area is 236 Å². The molecule has 0 amide bonds. The predicted molar refractivity (Wildman–Crippen MR) is 177 cm³/mol. The van der Waals surface area contributed by atoms with Gasteiger partial charge in [0.1, 0.15) is 5.78 Å². The molecule has 0 aromatic heterocycles. The maximum atomic E-state index is 13.5. The highest BCUT2D eigenvalue weighted by Gasteiger charge is 2.72. The molecule has 0 aliphatic carbocycles. The Morgan fingerprint density at radius 2 is 0.946 bits per heavy atom. The fourth-order valence-corrected chi connectivity index (χ4v) is 108. The summed E-state index contributed by atoms with van der Waals surface area (Å²) < 4.78 is 8.17. The predicted octanol–water partition coefficient (Wildman–Crippen LogP) is 9.49. The van der Waals surface area contributed by atoms with Crippen LogP contribution in [0.1, 0.15) is 110 Å². The maximum absolute atomic E-state index is 13.5. The molecule has 0 unspecified atom stereocenters. The van der Waals surface area contributed by atoms with Crippen LogP contribution in [0.2, 0.25) is 54.4 Å². The van der Waals surface area contributed by atoms with Gasteiger partial charge in [-0.05, 0) is 11.3 Å². The molecule has 7 heteroatoms. The van der Waals surface area contributed by atoms with Crippen LogP contribution in [0.25, 0.3) is 0 Å². The molecular formula is C30H68O3Si4. The second-order valence-electron chi connectivity index (χ2n) is 13.4. The fraction of sp³-hybridized carbons (Fsp3) is 0.967. The summed E-state index contributed by atoms with van der Waals surface area (Å²) in [5, 5.41) is 10.7. The van der Waals surface area contributed by atoms with Gasteiger partial charge in [-0.15, -0.1) is 0 Å². The lowest BCUT2D eigenvalue weighted by atomic mass is 9.85. The topological polar surface area (TPSA) is 46.5 Å². The first-order valence-corrected chi connectivity index (χ1v) is 28.8. The zero-order valence-electron chi connectivity index (χ0n) is 27.8. The minimum atomic E-state index is -2.20. The zero-order chi connectivity index (χ0) is 29.3. The molecule has 1 N–H and O–H groups in total. The molecule has 0 aromatic rings. The normalized spacial score (nSPS) is 15.8. The van der Waals surface area contributed by atoms with Crippen LogP contribution in [0, 0.1) is 11.3 Å². The van der Waals surface area contributed by atoms with Gasteiger partial charge < -0.3 is 9.53 Å². The van der Waals surface area contributed by atoms with Gasteiger partial charge in [-0.2, -0.15) is 0 Å². The Balaban J connectivity index is 7.39. The molecule has 37 heavy (non-hydrogen) atoms. The first-order valence-electron chi connectivity index (χ1n) is 16.0. The molecule has 0 fully saturated rings. The Hall–Kier alpha value is 0.458. The molecule has 222 valence electrons. The van der Waals surface area contributed by atoms with Gasteiger partial charge in [0.15, 0.2) is 6.87 Å². The van der Waals surface area contributed by atoms with Gasteiger partial charge in [0, 0.05) is 12.8 Å². The van der Waals surface area contributed by atoms with Crippen molar-refractivity contribution in [3.05, 3.63) is 0 Å². The number of carbonyl (C=O) groups is 1. The molecule has 0 aliphatic rings. The smallest absolute Gasteiger partial charge is 0.160 e. The molecule has 3 nitrogen and oxygen atoms in total. The third-order valence-corrected chi connectivity index (χ3v) is 81.3. The Morgan fingerprint density at radius 1 is 0.649 bits per heavy atom. The summed E-state index contributed by atoms with van der Waals surface area (Å²) >= 11 is 0. The summed E-state index contributed by atoms with van der Waals surface area (Å²) in [4.78, 5) is 13.5. The Morgan fingerprint density at radius 3 is 1.16 bits per heavy atom. The van der Waals surface area contributed by atoms with Crippen LogP contribution in [0.15, 0.2) is 0 Å². The summed E-state index contributed by atoms with van der Waals surface area (Å²) in [5.74, 6) is 0.503. The molecule has 2 atom stereocenters. The number of Topliss-reactive ketones (excluding diaryl/α,β-unsaturated/α-hetero) is 1. The highest BCUT2D eigenvalue weighted by Crippen LogP contribution is 2.52. The summed E-state index contributed by atoms with van der Waals surface area (Å²) in [7, 11) is -5.21. The number of carbonyl (C=O) groups excluding carboxylic acids is 1. The van der Waals surface area contributed by atoms with Crippen LogP contribution in [0.5, 0.6) is 0 Å². The number of ketones is 1. The van der Waals surface area contributed by atoms with E-state index in [4.69, 9.17) is 4.43 Å². The van der Waals surface area contributed by atoms with Crippen molar-refractivity contribution in [3.8, 4) is 0 Å². The van der Waals surface area contributed by atoms with Gasteiger partial charge >= 0.3 is 0 Å². The minimum Gasteiger partial charge on any atom is -0.422 e. The molecule has 0 bridgehead atoms. The van der Waals surface area contributed by atoms with Crippen molar-refractivity contribution in [2.45, 2.75) is 176 Å². The largest absolute Gasteiger partial charge is 0.422 e. The van der Waals surface area contributed by atoms with Crippen LogP contribution in [0.3, 0.4) is 0 Å². The monoisotopic (exact) mass is 588 g/mol. The summed E-state index contributed by atoms with van der Waals surface area (Å²) in [6.45, 7) is 31.1. The minimum absolute atomic E-state index is 0.00379. The SMILES string of the molecule is CC[Si](CC)(CC)[Si](O[C@@H](CC(=O)C[C@@H](O)C(C)(C)C)C(C)C)([Si](CC)(CC)CC)[Si](CC)(CC)CC. The Bertz CT molecular complexity index is 587. The van der Waals surface area contributed by atoms with E-state index in [2.05, 4.69) is 76.2 Å². The van der Waals surface area contributed by atoms with Crippen molar-refractivity contribution >= 4 is 35.4 Å². The summed E-state index contributed by atoms with van der Waals surface area (Å²) in [6.07, 6.45) is 0.120. The van der Waals surface area contributed by atoms with Gasteiger partial charge in [0.2, 0.25) is 0 Å². The quantitative estimate of drug-likeness (QED) is 0.153. The van der Waals surface area contributed by atoms with Crippen LogP contribution >= 0.6 is 0 Å². The van der Waals surface area contributed by atoms with E-state index in [1.165, 1.54) is 54.4 Å². The average Bonchev–Trinajstić information content (AvgIpc) is 2.86. The average molecular weight is 589 g/mol. The van der Waals surface area contributed by atoms with E-state index in [9.17, 15) is 9.90 Å². The molecular weight excluding hydrogens is 521 g/mol. The number of hydrogen-bond donors (Lipinski definition) is 1. The van der Waals surface area contributed by atoms with Crippen LogP contribution in [-0.4, -0.2) is 52.7 Å². The van der Waals surface area contributed by atoms with E-state index in [0.29, 0.717) is 12.3 Å². The fourth-order valence-electron chi connectivity index (χ4n) is 8.02. The lowest BCUT2D eigenvalue weighted by molar-refractivity contribution is -0.124. The molecule has 0 rings (SSSR count). The van der Waals surface area contributed by atoms with Crippen LogP contribution < -0.4 is 0 Å². The van der Waals surface area contributed by atoms with Crippen molar-refractivity contribution in [1.82, 2.24) is 0 Å². The highest BCUT2D eigenvalue weighted by atomic mass is 29.9. The maximum Gasteiger partial charge on any atom is 0.160 e. The molecule has 0 aromatic carbocycles. The number of hydrogen-bond acceptors (Lipinski definition) is 3. The molecule has 0 saturated carbocycles. The molecule has 0 saturated heterocycles. The van der Waals surface area contributed by atoms with Crippen LogP contribution in [0.4, 0.5) is 0 Å². The van der Waals surface area contributed by atoms with E-state index in [1.807, 2.05) is 20.8 Å². The van der Waals surface area contributed by atoms with Crippen molar-refractivity contribution in [2.75, 3.05) is 0 Å². The lowest BCUT2D eigenvalue weighted by Gasteiger charge is -2.65. The van der Waals surface area contributed by atoms with E-state index in [-0.39, 0.29) is 23.7 Å². The van der Waals surface area contributed by atoms with Gasteiger partial charge in [-0.3, -0.25) is 4.79 Å². The number of aliphatic hydroxyl groups is 1. The highest BCUT2D eigenvalue weighted by molar-refractivity contribution is 7.88. The molecule has 0 spiro atoms. The van der Waals surface area contributed by atoms with Crippen molar-refractivity contribution in [2.24, 2.45) is 11.3 Å². The third kappa shape index (κ3) is 7.21. The Kier molecular flexibility index (Phi) is 15.6. The lowest BCUT2D eigenvalue weighted by Crippen LogP contribution is -2.90. The van der Waals surface area contributed by atoms with E-state index < -0.39 is 35.7 Å². The zero-order valence-corrected chi connectivity index (χ0v) is 31.8. The second-order valence-corrected chi connectivity index (χ2v) is 49.5. The van der Waals surface area contributed by atoms with E-state index in [0.717, 1.165) is 0 Å². The second kappa shape index (κ2) is 15.5. The number of rotatable bonds is 19. The summed E-state index contributed by atoms with van der Waals surface area (Å²) in [5.41, 5.74) is -0.277. The van der Waals surface area contributed by atoms with Gasteiger partial charge in [0.25, 0.3) is 0 Å². The van der Waals surface area contributed by atoms with Crippen molar-refractivity contribution in [3.63, 3.8) is 0 Å². The van der Waals surface area contributed by atoms with Crippen LogP contribution in [-0.2, 0) is 9.22 Å². The van der Waals surface area contributed by atoms with Crippen molar-refractivity contribution in [1.29, 1.82) is 0 Å². The van der Waals surface area contributed by atoms with Crippen molar-refractivity contribution < 1.29 is 14.3 Å². The number of aliphatic hydroxyl groups excluding tert-OH is 1. The van der Waals surface area contributed by atoms with E-state index >= 15 is 0 Å². The first kappa shape index (κ1) is 37.5. The first-order chi connectivity index (χ1) is 17.1.